The Morgan fingerprint density at radius 2 is 2.00 bits per heavy atom. The van der Waals surface area contributed by atoms with E-state index < -0.39 is 11.6 Å². The third-order valence-corrected chi connectivity index (χ3v) is 2.27. The third-order valence-electron chi connectivity index (χ3n) is 2.27. The summed E-state index contributed by atoms with van der Waals surface area (Å²) >= 11 is 0. The van der Waals surface area contributed by atoms with E-state index in [0.717, 1.165) is 0 Å². The monoisotopic (exact) mass is 210 g/mol. The molecular formula is C11H14O4. The first-order valence-electron chi connectivity index (χ1n) is 4.61. The Morgan fingerprint density at radius 1 is 1.40 bits per heavy atom. The lowest BCUT2D eigenvalue weighted by atomic mass is 9.91. The molecule has 1 aromatic rings. The Labute approximate surface area is 88.1 Å². The van der Waals surface area contributed by atoms with E-state index in [-0.39, 0.29) is 13.0 Å². The standard InChI is InChI=1S/C11H14O4/c1-15-8-7-11(14,10(12)13)9-5-3-2-4-6-9/h2-6,14H,7-8H2,1H3,(H,12,13). The minimum atomic E-state index is -1.86. The number of hydrogen-bond donors (Lipinski definition) is 2. The van der Waals surface area contributed by atoms with Crippen molar-refractivity contribution in [2.45, 2.75) is 12.0 Å². The van der Waals surface area contributed by atoms with E-state index in [1.54, 1.807) is 30.3 Å². The van der Waals surface area contributed by atoms with Gasteiger partial charge in [-0.15, -0.1) is 0 Å². The molecule has 0 fully saturated rings. The van der Waals surface area contributed by atoms with Crippen LogP contribution in [0.1, 0.15) is 12.0 Å². The Kier molecular flexibility index (Phi) is 3.82. The number of hydrogen-bond acceptors (Lipinski definition) is 3. The molecule has 15 heavy (non-hydrogen) atoms. The predicted molar refractivity (Wildman–Crippen MR) is 54.5 cm³/mol. The maximum Gasteiger partial charge on any atom is 0.340 e. The average molecular weight is 210 g/mol. The molecule has 1 rings (SSSR count). The summed E-state index contributed by atoms with van der Waals surface area (Å²) in [4.78, 5) is 11.0. The van der Waals surface area contributed by atoms with Crippen molar-refractivity contribution in [3.63, 3.8) is 0 Å². The molecule has 0 amide bonds. The van der Waals surface area contributed by atoms with Crippen LogP contribution in [0.3, 0.4) is 0 Å². The SMILES string of the molecule is COCCC(O)(C(=O)O)c1ccccc1. The molecule has 0 bridgehead atoms. The molecule has 4 heteroatoms. The molecule has 0 heterocycles. The second kappa shape index (κ2) is 4.91. The van der Waals surface area contributed by atoms with Gasteiger partial charge in [-0.1, -0.05) is 30.3 Å². The van der Waals surface area contributed by atoms with Crippen molar-refractivity contribution < 1.29 is 19.7 Å². The maximum atomic E-state index is 11.0. The number of carbonyl (C=O) groups is 1. The Morgan fingerprint density at radius 3 is 2.47 bits per heavy atom. The van der Waals surface area contributed by atoms with Gasteiger partial charge in [-0.2, -0.15) is 0 Å². The van der Waals surface area contributed by atoms with Crippen LogP contribution >= 0.6 is 0 Å². The first-order valence-corrected chi connectivity index (χ1v) is 4.61. The van der Waals surface area contributed by atoms with Crippen LogP contribution in [0.15, 0.2) is 30.3 Å². The summed E-state index contributed by atoms with van der Waals surface area (Å²) in [6.45, 7) is 0.192. The molecule has 2 N–H and O–H groups in total. The molecule has 1 atom stereocenters. The van der Waals surface area contributed by atoms with Crippen molar-refractivity contribution >= 4 is 5.97 Å². The number of carboxylic acids is 1. The number of aliphatic carboxylic acids is 1. The van der Waals surface area contributed by atoms with E-state index in [9.17, 15) is 9.90 Å². The molecule has 1 aromatic carbocycles. The second-order valence-corrected chi connectivity index (χ2v) is 3.27. The predicted octanol–water partition coefficient (Wildman–Crippen LogP) is 0.995. The largest absolute Gasteiger partial charge is 0.479 e. The molecule has 82 valence electrons. The van der Waals surface area contributed by atoms with Crippen molar-refractivity contribution in [3.05, 3.63) is 35.9 Å². The Bertz CT molecular complexity index is 323. The second-order valence-electron chi connectivity index (χ2n) is 3.27. The molecule has 0 aliphatic heterocycles. The molecule has 0 saturated heterocycles. The van der Waals surface area contributed by atoms with Gasteiger partial charge in [-0.05, 0) is 5.56 Å². The topological polar surface area (TPSA) is 66.8 Å². The normalized spacial score (nSPS) is 14.5. The fourth-order valence-corrected chi connectivity index (χ4v) is 1.34. The van der Waals surface area contributed by atoms with Gasteiger partial charge in [-0.25, -0.2) is 4.79 Å². The Hall–Kier alpha value is -1.39. The minimum absolute atomic E-state index is 0.0306. The summed E-state index contributed by atoms with van der Waals surface area (Å²) in [7, 11) is 1.47. The third kappa shape index (κ3) is 2.55. The van der Waals surface area contributed by atoms with Crippen LogP contribution in [0.2, 0.25) is 0 Å². The zero-order valence-corrected chi connectivity index (χ0v) is 8.51. The molecule has 4 nitrogen and oxygen atoms in total. The molecule has 0 aliphatic carbocycles. The van der Waals surface area contributed by atoms with Gasteiger partial charge in [0.2, 0.25) is 0 Å². The van der Waals surface area contributed by atoms with Crippen LogP contribution < -0.4 is 0 Å². The van der Waals surface area contributed by atoms with E-state index in [4.69, 9.17) is 9.84 Å². The van der Waals surface area contributed by atoms with Gasteiger partial charge in [0.1, 0.15) is 0 Å². The van der Waals surface area contributed by atoms with Crippen LogP contribution in [-0.4, -0.2) is 29.9 Å². The van der Waals surface area contributed by atoms with Gasteiger partial charge < -0.3 is 14.9 Å². The molecule has 0 spiro atoms. The lowest BCUT2D eigenvalue weighted by molar-refractivity contribution is -0.161. The zero-order chi connectivity index (χ0) is 11.3. The number of aliphatic hydroxyl groups is 1. The summed E-state index contributed by atoms with van der Waals surface area (Å²) in [6, 6.07) is 8.32. The summed E-state index contributed by atoms with van der Waals surface area (Å²) < 4.78 is 4.79. The summed E-state index contributed by atoms with van der Waals surface area (Å²) in [5.41, 5.74) is -1.49. The highest BCUT2D eigenvalue weighted by Gasteiger charge is 2.37. The van der Waals surface area contributed by atoms with Crippen molar-refractivity contribution in [3.8, 4) is 0 Å². The van der Waals surface area contributed by atoms with Crippen molar-refractivity contribution in [2.75, 3.05) is 13.7 Å². The van der Waals surface area contributed by atoms with Crippen LogP contribution in [0.5, 0.6) is 0 Å². The molecule has 0 aromatic heterocycles. The van der Waals surface area contributed by atoms with Crippen LogP contribution in [0.4, 0.5) is 0 Å². The van der Waals surface area contributed by atoms with Gasteiger partial charge in [0.25, 0.3) is 0 Å². The highest BCUT2D eigenvalue weighted by atomic mass is 16.5. The van der Waals surface area contributed by atoms with Crippen molar-refractivity contribution in [1.82, 2.24) is 0 Å². The number of benzene rings is 1. The fourth-order valence-electron chi connectivity index (χ4n) is 1.34. The van der Waals surface area contributed by atoms with Gasteiger partial charge in [0.15, 0.2) is 5.60 Å². The maximum absolute atomic E-state index is 11.0. The van der Waals surface area contributed by atoms with E-state index in [2.05, 4.69) is 0 Å². The fraction of sp³-hybridized carbons (Fsp3) is 0.364. The smallest absolute Gasteiger partial charge is 0.340 e. The highest BCUT2D eigenvalue weighted by molar-refractivity contribution is 5.79. The van der Waals surface area contributed by atoms with Crippen molar-refractivity contribution in [1.29, 1.82) is 0 Å². The zero-order valence-electron chi connectivity index (χ0n) is 8.51. The van der Waals surface area contributed by atoms with E-state index in [1.807, 2.05) is 0 Å². The number of rotatable bonds is 5. The first-order chi connectivity index (χ1) is 7.11. The summed E-state index contributed by atoms with van der Waals surface area (Å²) in [6.07, 6.45) is 0.0306. The van der Waals surface area contributed by atoms with E-state index in [0.29, 0.717) is 5.56 Å². The van der Waals surface area contributed by atoms with Crippen LogP contribution in [0.25, 0.3) is 0 Å². The van der Waals surface area contributed by atoms with Crippen LogP contribution in [-0.2, 0) is 15.1 Å². The average Bonchev–Trinajstić information content (AvgIpc) is 2.27. The lowest BCUT2D eigenvalue weighted by Gasteiger charge is -2.23. The molecular weight excluding hydrogens is 196 g/mol. The van der Waals surface area contributed by atoms with Crippen molar-refractivity contribution in [2.24, 2.45) is 0 Å². The molecule has 0 aliphatic rings. The highest BCUT2D eigenvalue weighted by Crippen LogP contribution is 2.25. The summed E-state index contributed by atoms with van der Waals surface area (Å²) in [5, 5.41) is 19.0. The minimum Gasteiger partial charge on any atom is -0.479 e. The number of carboxylic acid groups (broad SMARTS) is 1. The molecule has 0 saturated carbocycles. The number of methoxy groups -OCH3 is 1. The van der Waals surface area contributed by atoms with Crippen LogP contribution in [0, 0.1) is 0 Å². The lowest BCUT2D eigenvalue weighted by Crippen LogP contribution is -2.36. The van der Waals surface area contributed by atoms with Gasteiger partial charge >= 0.3 is 5.97 Å². The first kappa shape index (κ1) is 11.7. The molecule has 1 unspecified atom stereocenters. The summed E-state index contributed by atoms with van der Waals surface area (Å²) in [5.74, 6) is -1.26. The van der Waals surface area contributed by atoms with E-state index in [1.165, 1.54) is 7.11 Å². The van der Waals surface area contributed by atoms with E-state index >= 15 is 0 Å². The van der Waals surface area contributed by atoms with Gasteiger partial charge in [0, 0.05) is 20.1 Å². The van der Waals surface area contributed by atoms with Gasteiger partial charge in [0.05, 0.1) is 0 Å². The van der Waals surface area contributed by atoms with Gasteiger partial charge in [-0.3, -0.25) is 0 Å². The quantitative estimate of drug-likeness (QED) is 0.760. The number of ether oxygens (including phenoxy) is 1. The Balaban J connectivity index is 2.96. The molecule has 0 radical (unpaired) electrons.